The fraction of sp³-hybridized carbons (Fsp3) is 0.500. The number of unbranched alkanes of at least 4 members (excludes halogenated alkanes) is 1. The Balaban J connectivity index is 3.22. The summed E-state index contributed by atoms with van der Waals surface area (Å²) in [7, 11) is 1.67. The molecule has 0 unspecified atom stereocenters. The summed E-state index contributed by atoms with van der Waals surface area (Å²) in [5, 5.41) is 0. The fourth-order valence-electron chi connectivity index (χ4n) is 0.922. The van der Waals surface area contributed by atoms with Crippen LogP contribution < -0.4 is 0 Å². The summed E-state index contributed by atoms with van der Waals surface area (Å²) in [4.78, 5) is 0. The van der Waals surface area contributed by atoms with Crippen molar-refractivity contribution < 1.29 is 4.74 Å². The summed E-state index contributed by atoms with van der Waals surface area (Å²) < 4.78 is 4.78. The molecule has 0 amide bonds. The summed E-state index contributed by atoms with van der Waals surface area (Å²) in [5.41, 5.74) is 1.25. The topological polar surface area (TPSA) is 9.23 Å². The van der Waals surface area contributed by atoms with Gasteiger partial charge in [0.2, 0.25) is 0 Å². The maximum atomic E-state index is 4.78. The molecule has 0 aliphatic rings. The highest BCUT2D eigenvalue weighted by molar-refractivity contribution is 4.93. The molecule has 74 valence electrons. The van der Waals surface area contributed by atoms with E-state index in [0.29, 0.717) is 0 Å². The Morgan fingerprint density at radius 1 is 1.15 bits per heavy atom. The summed E-state index contributed by atoms with van der Waals surface area (Å²) >= 11 is 0. The average Bonchev–Trinajstić information content (AvgIpc) is 2.09. The summed E-state index contributed by atoms with van der Waals surface area (Å²) in [6.45, 7) is 5.92. The molecule has 0 bridgehead atoms. The first kappa shape index (κ1) is 12.0. The molecule has 0 radical (unpaired) electrons. The van der Waals surface area contributed by atoms with Gasteiger partial charge in [-0.05, 0) is 38.7 Å². The van der Waals surface area contributed by atoms with Crippen LogP contribution in [0, 0.1) is 0 Å². The van der Waals surface area contributed by atoms with Crippen molar-refractivity contribution in [2.75, 3.05) is 7.11 Å². The van der Waals surface area contributed by atoms with E-state index in [0.717, 1.165) is 25.7 Å². The second kappa shape index (κ2) is 9.11. The Morgan fingerprint density at radius 2 is 1.77 bits per heavy atom. The highest BCUT2D eigenvalue weighted by Gasteiger charge is 1.82. The summed E-state index contributed by atoms with van der Waals surface area (Å²) in [6, 6.07) is 0. The van der Waals surface area contributed by atoms with Gasteiger partial charge in [-0.3, -0.25) is 0 Å². The van der Waals surface area contributed by atoms with Crippen LogP contribution in [0.15, 0.2) is 36.6 Å². The van der Waals surface area contributed by atoms with Gasteiger partial charge in [0.25, 0.3) is 0 Å². The van der Waals surface area contributed by atoms with Crippen LogP contribution in [0.3, 0.4) is 0 Å². The number of allylic oxidation sites excluding steroid dienone is 4. The van der Waals surface area contributed by atoms with Gasteiger partial charge in [0, 0.05) is 0 Å². The predicted octanol–water partition coefficient (Wildman–Crippen LogP) is 3.84. The lowest BCUT2D eigenvalue weighted by molar-refractivity contribution is 0.336. The van der Waals surface area contributed by atoms with Crippen molar-refractivity contribution in [3.63, 3.8) is 0 Å². The smallest absolute Gasteiger partial charge is 0.0784 e. The SMILES string of the molecule is C=C(C)CC/C=C/CC/C=C/OC. The molecule has 0 aromatic rings. The van der Waals surface area contributed by atoms with Crippen LogP contribution in [0.1, 0.15) is 32.6 Å². The zero-order valence-corrected chi connectivity index (χ0v) is 8.75. The Hall–Kier alpha value is -0.980. The van der Waals surface area contributed by atoms with Gasteiger partial charge >= 0.3 is 0 Å². The van der Waals surface area contributed by atoms with Crippen molar-refractivity contribution in [1.82, 2.24) is 0 Å². The molecule has 0 aliphatic carbocycles. The molecule has 0 aliphatic heterocycles. The molecule has 0 atom stereocenters. The number of rotatable bonds is 7. The molecule has 13 heavy (non-hydrogen) atoms. The minimum Gasteiger partial charge on any atom is -0.505 e. The second-order valence-electron chi connectivity index (χ2n) is 3.15. The van der Waals surface area contributed by atoms with Gasteiger partial charge in [-0.15, -0.1) is 6.58 Å². The van der Waals surface area contributed by atoms with Crippen LogP contribution in [-0.2, 0) is 4.74 Å². The van der Waals surface area contributed by atoms with E-state index in [-0.39, 0.29) is 0 Å². The Morgan fingerprint density at radius 3 is 2.38 bits per heavy atom. The van der Waals surface area contributed by atoms with Crippen LogP contribution in [0.4, 0.5) is 0 Å². The van der Waals surface area contributed by atoms with E-state index in [4.69, 9.17) is 4.74 Å². The fourth-order valence-corrected chi connectivity index (χ4v) is 0.922. The van der Waals surface area contributed by atoms with E-state index in [1.807, 2.05) is 6.08 Å². The molecule has 0 spiro atoms. The van der Waals surface area contributed by atoms with E-state index >= 15 is 0 Å². The van der Waals surface area contributed by atoms with E-state index in [1.165, 1.54) is 5.57 Å². The summed E-state index contributed by atoms with van der Waals surface area (Å²) in [6.07, 6.45) is 12.5. The molecule has 1 heteroatoms. The van der Waals surface area contributed by atoms with Crippen LogP contribution >= 0.6 is 0 Å². The van der Waals surface area contributed by atoms with Crippen molar-refractivity contribution in [3.05, 3.63) is 36.6 Å². The van der Waals surface area contributed by atoms with Gasteiger partial charge in [0.15, 0.2) is 0 Å². The van der Waals surface area contributed by atoms with Crippen LogP contribution in [-0.4, -0.2) is 7.11 Å². The van der Waals surface area contributed by atoms with E-state index in [1.54, 1.807) is 13.4 Å². The first-order chi connectivity index (χ1) is 6.27. The molecule has 0 aromatic heterocycles. The van der Waals surface area contributed by atoms with Crippen molar-refractivity contribution in [3.8, 4) is 0 Å². The minimum absolute atomic E-state index is 1.05. The van der Waals surface area contributed by atoms with Gasteiger partial charge in [-0.1, -0.05) is 17.7 Å². The minimum atomic E-state index is 1.05. The van der Waals surface area contributed by atoms with Gasteiger partial charge in [0.05, 0.1) is 13.4 Å². The Bertz CT molecular complexity index is 178. The highest BCUT2D eigenvalue weighted by Crippen LogP contribution is 2.02. The largest absolute Gasteiger partial charge is 0.505 e. The molecule has 0 N–H and O–H groups in total. The van der Waals surface area contributed by atoms with Gasteiger partial charge in [-0.25, -0.2) is 0 Å². The van der Waals surface area contributed by atoms with Gasteiger partial charge < -0.3 is 4.74 Å². The standard InChI is InChI=1S/C12H20O/c1-12(2)10-8-6-4-5-7-9-11-13-3/h4,6,9,11H,1,5,7-8,10H2,2-3H3/b6-4+,11-9+. The molecule has 0 saturated carbocycles. The predicted molar refractivity (Wildman–Crippen MR) is 58.6 cm³/mol. The lowest BCUT2D eigenvalue weighted by atomic mass is 10.2. The first-order valence-corrected chi connectivity index (χ1v) is 4.74. The van der Waals surface area contributed by atoms with Crippen molar-refractivity contribution in [2.24, 2.45) is 0 Å². The molecule has 0 fully saturated rings. The third-order valence-electron chi connectivity index (χ3n) is 1.64. The molecule has 0 rings (SSSR count). The third-order valence-corrected chi connectivity index (χ3v) is 1.64. The van der Waals surface area contributed by atoms with Crippen LogP contribution in [0.25, 0.3) is 0 Å². The van der Waals surface area contributed by atoms with Crippen LogP contribution in [0.2, 0.25) is 0 Å². The zero-order chi connectivity index (χ0) is 9.94. The highest BCUT2D eigenvalue weighted by atomic mass is 16.5. The number of hydrogen-bond donors (Lipinski definition) is 0. The van der Waals surface area contributed by atoms with Gasteiger partial charge in [0.1, 0.15) is 0 Å². The lowest BCUT2D eigenvalue weighted by Gasteiger charge is -1.92. The number of hydrogen-bond acceptors (Lipinski definition) is 1. The van der Waals surface area contributed by atoms with Crippen molar-refractivity contribution in [2.45, 2.75) is 32.6 Å². The van der Waals surface area contributed by atoms with E-state index in [9.17, 15) is 0 Å². The molecule has 1 nitrogen and oxygen atoms in total. The molecule has 0 heterocycles. The number of methoxy groups -OCH3 is 1. The zero-order valence-electron chi connectivity index (χ0n) is 8.75. The Kier molecular flexibility index (Phi) is 8.42. The van der Waals surface area contributed by atoms with E-state index < -0.39 is 0 Å². The van der Waals surface area contributed by atoms with Crippen LogP contribution in [0.5, 0.6) is 0 Å². The molecule has 0 saturated heterocycles. The molecular weight excluding hydrogens is 160 g/mol. The second-order valence-corrected chi connectivity index (χ2v) is 3.15. The normalized spacial score (nSPS) is 11.2. The Labute approximate surface area is 81.8 Å². The quantitative estimate of drug-likeness (QED) is 0.328. The van der Waals surface area contributed by atoms with Crippen molar-refractivity contribution in [1.29, 1.82) is 0 Å². The maximum Gasteiger partial charge on any atom is 0.0784 e. The summed E-state index contributed by atoms with van der Waals surface area (Å²) in [5.74, 6) is 0. The van der Waals surface area contributed by atoms with E-state index in [2.05, 4.69) is 25.7 Å². The maximum absolute atomic E-state index is 4.78. The van der Waals surface area contributed by atoms with Gasteiger partial charge in [-0.2, -0.15) is 0 Å². The molecule has 0 aromatic carbocycles. The van der Waals surface area contributed by atoms with Crippen molar-refractivity contribution >= 4 is 0 Å². The lowest BCUT2D eigenvalue weighted by Crippen LogP contribution is -1.72. The third kappa shape index (κ3) is 11.0. The number of ether oxygens (including phenoxy) is 1. The average molecular weight is 180 g/mol. The monoisotopic (exact) mass is 180 g/mol. The molecular formula is C12H20O. The first-order valence-electron chi connectivity index (χ1n) is 4.74.